The van der Waals surface area contributed by atoms with Crippen molar-refractivity contribution in [3.05, 3.63) is 78.8 Å². The van der Waals surface area contributed by atoms with Crippen molar-refractivity contribution in [2.45, 2.75) is 6.92 Å². The van der Waals surface area contributed by atoms with Crippen LogP contribution in [0.4, 0.5) is 28.8 Å². The molecule has 1 aromatic carbocycles. The lowest BCUT2D eigenvalue weighted by Gasteiger charge is -2.28. The third-order valence-corrected chi connectivity index (χ3v) is 6.10. The molecule has 3 N–H and O–H groups in total. The first-order valence-electron chi connectivity index (χ1n) is 11.9. The van der Waals surface area contributed by atoms with Gasteiger partial charge in [-0.3, -0.25) is 4.98 Å². The molecule has 36 heavy (non-hydrogen) atoms. The third kappa shape index (κ3) is 4.69. The summed E-state index contributed by atoms with van der Waals surface area (Å²) in [7, 11) is 0. The van der Waals surface area contributed by atoms with E-state index < -0.39 is 0 Å². The van der Waals surface area contributed by atoms with Crippen molar-refractivity contribution < 1.29 is 4.74 Å². The molecule has 0 aliphatic carbocycles. The summed E-state index contributed by atoms with van der Waals surface area (Å²) in [4.78, 5) is 24.0. The molecular formula is C27H26N8O. The number of rotatable bonds is 6. The molecule has 1 aliphatic heterocycles. The highest BCUT2D eigenvalue weighted by atomic mass is 16.5. The molecule has 1 fully saturated rings. The topological polar surface area (TPSA) is 104 Å². The van der Waals surface area contributed by atoms with E-state index in [1.165, 1.54) is 5.69 Å². The van der Waals surface area contributed by atoms with Crippen molar-refractivity contribution in [3.63, 3.8) is 0 Å². The second kappa shape index (κ2) is 9.63. The fourth-order valence-corrected chi connectivity index (χ4v) is 4.29. The molecule has 9 nitrogen and oxygen atoms in total. The zero-order chi connectivity index (χ0) is 24.3. The van der Waals surface area contributed by atoms with Gasteiger partial charge in [-0.05, 0) is 61.5 Å². The van der Waals surface area contributed by atoms with Crippen molar-refractivity contribution in [2.24, 2.45) is 0 Å². The Bertz CT molecular complexity index is 1490. The number of hydrogen-bond donors (Lipinski definition) is 3. The van der Waals surface area contributed by atoms with E-state index in [0.717, 1.165) is 65.8 Å². The second-order valence-corrected chi connectivity index (χ2v) is 8.62. The van der Waals surface area contributed by atoms with Crippen LogP contribution in [0.25, 0.3) is 22.4 Å². The number of aromatic amines is 1. The molecule has 9 heteroatoms. The van der Waals surface area contributed by atoms with E-state index in [2.05, 4.69) is 47.6 Å². The molecule has 6 rings (SSSR count). The number of fused-ring (bicyclic) bond motifs is 1. The van der Waals surface area contributed by atoms with Gasteiger partial charge in [-0.1, -0.05) is 6.07 Å². The first kappa shape index (κ1) is 22.0. The maximum absolute atomic E-state index is 5.45. The Morgan fingerprint density at radius 2 is 1.75 bits per heavy atom. The van der Waals surface area contributed by atoms with Crippen LogP contribution < -0.4 is 15.5 Å². The fraction of sp³-hybridized carbons (Fsp3) is 0.185. The van der Waals surface area contributed by atoms with Crippen LogP contribution in [0.3, 0.4) is 0 Å². The Balaban J connectivity index is 1.23. The van der Waals surface area contributed by atoms with Crippen LogP contribution in [0.1, 0.15) is 5.69 Å². The van der Waals surface area contributed by atoms with Gasteiger partial charge in [0.2, 0.25) is 5.95 Å². The Labute approximate surface area is 208 Å². The molecule has 4 aromatic heterocycles. The summed E-state index contributed by atoms with van der Waals surface area (Å²) < 4.78 is 5.45. The van der Waals surface area contributed by atoms with E-state index in [0.29, 0.717) is 11.8 Å². The van der Waals surface area contributed by atoms with Gasteiger partial charge in [0.15, 0.2) is 0 Å². The van der Waals surface area contributed by atoms with E-state index in [-0.39, 0.29) is 0 Å². The minimum atomic E-state index is 0.513. The smallest absolute Gasteiger partial charge is 0.229 e. The summed E-state index contributed by atoms with van der Waals surface area (Å²) in [6, 6.07) is 20.1. The third-order valence-electron chi connectivity index (χ3n) is 6.10. The number of morpholine rings is 1. The number of pyridine rings is 2. The van der Waals surface area contributed by atoms with Gasteiger partial charge in [0.25, 0.3) is 0 Å². The number of anilines is 5. The zero-order valence-electron chi connectivity index (χ0n) is 19.9. The van der Waals surface area contributed by atoms with Gasteiger partial charge in [0.1, 0.15) is 11.5 Å². The number of hydrogen-bond acceptors (Lipinski definition) is 8. The highest BCUT2D eigenvalue weighted by Gasteiger charge is 2.12. The number of aromatic nitrogens is 5. The molecule has 0 saturated carbocycles. The van der Waals surface area contributed by atoms with Gasteiger partial charge >= 0.3 is 0 Å². The first-order chi connectivity index (χ1) is 17.7. The van der Waals surface area contributed by atoms with Gasteiger partial charge in [-0.2, -0.15) is 4.98 Å². The van der Waals surface area contributed by atoms with Crippen LogP contribution in [-0.4, -0.2) is 51.2 Å². The maximum atomic E-state index is 5.45. The Morgan fingerprint density at radius 1 is 0.889 bits per heavy atom. The lowest BCUT2D eigenvalue weighted by atomic mass is 10.2. The van der Waals surface area contributed by atoms with Crippen LogP contribution in [0.15, 0.2) is 73.1 Å². The molecule has 0 atom stereocenters. The number of benzene rings is 1. The molecule has 5 heterocycles. The first-order valence-corrected chi connectivity index (χ1v) is 11.9. The average Bonchev–Trinajstić information content (AvgIpc) is 3.39. The van der Waals surface area contributed by atoms with Gasteiger partial charge in [-0.25, -0.2) is 9.97 Å². The van der Waals surface area contributed by atoms with Crippen LogP contribution >= 0.6 is 0 Å². The van der Waals surface area contributed by atoms with Crippen molar-refractivity contribution in [3.8, 4) is 11.4 Å². The van der Waals surface area contributed by atoms with E-state index in [9.17, 15) is 0 Å². The Morgan fingerprint density at radius 3 is 2.58 bits per heavy atom. The highest BCUT2D eigenvalue weighted by molar-refractivity contribution is 5.93. The van der Waals surface area contributed by atoms with Gasteiger partial charge in [0, 0.05) is 47.9 Å². The molecule has 0 bridgehead atoms. The van der Waals surface area contributed by atoms with Crippen LogP contribution in [0, 0.1) is 6.92 Å². The number of H-pyrrole nitrogens is 1. The highest BCUT2D eigenvalue weighted by Crippen LogP contribution is 2.29. The van der Waals surface area contributed by atoms with Gasteiger partial charge in [-0.15, -0.1) is 0 Å². The van der Waals surface area contributed by atoms with E-state index in [1.807, 2.05) is 61.7 Å². The molecular weight excluding hydrogens is 452 g/mol. The predicted molar refractivity (Wildman–Crippen MR) is 142 cm³/mol. The van der Waals surface area contributed by atoms with Crippen LogP contribution in [-0.2, 0) is 4.74 Å². The minimum absolute atomic E-state index is 0.513. The number of nitrogens with one attached hydrogen (secondary N) is 3. The lowest BCUT2D eigenvalue weighted by molar-refractivity contribution is 0.122. The maximum Gasteiger partial charge on any atom is 0.229 e. The summed E-state index contributed by atoms with van der Waals surface area (Å²) >= 11 is 0. The van der Waals surface area contributed by atoms with Crippen molar-refractivity contribution >= 4 is 39.9 Å². The van der Waals surface area contributed by atoms with Gasteiger partial charge < -0.3 is 25.3 Å². The summed E-state index contributed by atoms with van der Waals surface area (Å²) in [5, 5.41) is 7.71. The quantitative estimate of drug-likeness (QED) is 0.312. The fourth-order valence-electron chi connectivity index (χ4n) is 4.29. The molecule has 0 radical (unpaired) electrons. The molecule has 0 spiro atoms. The van der Waals surface area contributed by atoms with Crippen LogP contribution in [0.2, 0.25) is 0 Å². The Hall–Kier alpha value is -4.50. The Kier molecular flexibility index (Phi) is 5.88. The summed E-state index contributed by atoms with van der Waals surface area (Å²) in [5.74, 6) is 1.19. The summed E-state index contributed by atoms with van der Waals surface area (Å²) in [6.45, 7) is 5.33. The van der Waals surface area contributed by atoms with Crippen molar-refractivity contribution in [1.82, 2.24) is 24.9 Å². The van der Waals surface area contributed by atoms with E-state index in [1.54, 1.807) is 6.20 Å². The average molecular weight is 479 g/mol. The molecule has 1 aliphatic rings. The standard InChI is InChI=1S/C27H26N8O/c1-18-3-2-4-22(30-18)24-17-23(21-9-11-28-26(21)33-24)32-25-10-12-29-27(34-25)31-19-5-7-20(8-6-19)35-13-15-36-16-14-35/h2-12,17H,13-16H2,1H3,(H3,28,29,31,32,33,34). The molecule has 0 amide bonds. The largest absolute Gasteiger partial charge is 0.378 e. The summed E-state index contributed by atoms with van der Waals surface area (Å²) in [6.07, 6.45) is 3.61. The minimum Gasteiger partial charge on any atom is -0.378 e. The van der Waals surface area contributed by atoms with Crippen molar-refractivity contribution in [2.75, 3.05) is 41.8 Å². The lowest BCUT2D eigenvalue weighted by Crippen LogP contribution is -2.36. The molecule has 1 saturated heterocycles. The second-order valence-electron chi connectivity index (χ2n) is 8.62. The molecule has 180 valence electrons. The van der Waals surface area contributed by atoms with E-state index >= 15 is 0 Å². The normalized spacial score (nSPS) is 13.6. The summed E-state index contributed by atoms with van der Waals surface area (Å²) in [5.41, 5.74) is 6.33. The van der Waals surface area contributed by atoms with Crippen LogP contribution in [0.5, 0.6) is 0 Å². The predicted octanol–water partition coefficient (Wildman–Crippen LogP) is 5.05. The molecule has 0 unspecified atom stereocenters. The van der Waals surface area contributed by atoms with Gasteiger partial charge in [0.05, 0.1) is 30.3 Å². The van der Waals surface area contributed by atoms with Crippen molar-refractivity contribution in [1.29, 1.82) is 0 Å². The number of ether oxygens (including phenoxy) is 1. The number of nitrogens with zero attached hydrogens (tertiary/aromatic N) is 5. The SMILES string of the molecule is Cc1cccc(-c2cc(Nc3ccnc(Nc4ccc(N5CCOCC5)cc4)n3)c3cc[nH]c3n2)n1. The monoisotopic (exact) mass is 478 g/mol. The molecule has 5 aromatic rings. The van der Waals surface area contributed by atoms with E-state index in [4.69, 9.17) is 9.72 Å². The zero-order valence-corrected chi connectivity index (χ0v) is 19.9. The number of aryl methyl sites for hydroxylation is 1.